The molecule has 0 unspecified atom stereocenters. The number of nitrogens with one attached hydrogen (secondary N) is 1. The molecule has 0 spiro atoms. The van der Waals surface area contributed by atoms with Gasteiger partial charge in [0.25, 0.3) is 5.91 Å². The van der Waals surface area contributed by atoms with E-state index in [1.807, 2.05) is 0 Å². The van der Waals surface area contributed by atoms with E-state index in [-0.39, 0.29) is 48.0 Å². The Labute approximate surface area is 198 Å². The first-order valence-corrected chi connectivity index (χ1v) is 12.0. The van der Waals surface area contributed by atoms with Crippen molar-refractivity contribution in [1.29, 1.82) is 5.26 Å². The first-order chi connectivity index (χ1) is 16.0. The quantitative estimate of drug-likeness (QED) is 0.280. The predicted octanol–water partition coefficient (Wildman–Crippen LogP) is 0.330. The summed E-state index contributed by atoms with van der Waals surface area (Å²) in [7, 11) is -3.81. The number of hydrogen-bond acceptors (Lipinski definition) is 9. The number of rotatable bonds is 9. The van der Waals surface area contributed by atoms with E-state index in [1.165, 1.54) is 35.5 Å². The van der Waals surface area contributed by atoms with Gasteiger partial charge in [0.15, 0.2) is 6.61 Å². The number of esters is 1. The fourth-order valence-electron chi connectivity index (χ4n) is 3.13. The Kier molecular flexibility index (Phi) is 9.31. The third kappa shape index (κ3) is 6.63. The highest BCUT2D eigenvalue weighted by Gasteiger charge is 2.29. The van der Waals surface area contributed by atoms with Crippen LogP contribution in [0.2, 0.25) is 0 Å². The van der Waals surface area contributed by atoms with Crippen LogP contribution in [-0.2, 0) is 29.1 Å². The average molecular weight is 493 g/mol. The summed E-state index contributed by atoms with van der Waals surface area (Å²) in [5.41, 5.74) is 5.20. The Balaban J connectivity index is 2.13. The third-order valence-electron chi connectivity index (χ3n) is 5.04. The topological polar surface area (TPSA) is 169 Å². The van der Waals surface area contributed by atoms with E-state index in [1.54, 1.807) is 19.9 Å². The number of nitriles is 1. The Morgan fingerprint density at radius 2 is 1.91 bits per heavy atom. The zero-order chi connectivity index (χ0) is 25.5. The molecule has 1 aromatic rings. The lowest BCUT2D eigenvalue weighted by Crippen LogP contribution is -2.45. The van der Waals surface area contributed by atoms with Crippen LogP contribution in [0.5, 0.6) is 0 Å². The zero-order valence-electron chi connectivity index (χ0n) is 19.2. The molecule has 1 aliphatic heterocycles. The van der Waals surface area contributed by atoms with Gasteiger partial charge in [-0.05, 0) is 31.0 Å². The Morgan fingerprint density at radius 1 is 1.26 bits per heavy atom. The maximum atomic E-state index is 12.9. The van der Waals surface area contributed by atoms with E-state index in [4.69, 9.17) is 20.5 Å². The van der Waals surface area contributed by atoms with Crippen LogP contribution in [0.1, 0.15) is 31.1 Å². The van der Waals surface area contributed by atoms with Crippen molar-refractivity contribution in [2.75, 3.05) is 32.9 Å². The van der Waals surface area contributed by atoms with E-state index in [2.05, 4.69) is 5.32 Å². The van der Waals surface area contributed by atoms with Crippen LogP contribution in [0, 0.1) is 17.2 Å². The molecule has 12 heteroatoms. The van der Waals surface area contributed by atoms with Crippen LogP contribution < -0.4 is 11.1 Å². The largest absolute Gasteiger partial charge is 0.456 e. The minimum Gasteiger partial charge on any atom is -0.456 e. The SMILES string of the molecule is C/C(N)=C(\C#N)C(=O)COC(=O)[C@@H](NC(=O)c1cccc(S(=O)(=O)N2CCOCC2)c1)C(C)C. The lowest BCUT2D eigenvalue weighted by molar-refractivity contribution is -0.150. The van der Waals surface area contributed by atoms with E-state index >= 15 is 0 Å². The van der Waals surface area contributed by atoms with Crippen LogP contribution in [0.15, 0.2) is 40.4 Å². The van der Waals surface area contributed by atoms with Crippen molar-refractivity contribution >= 4 is 27.7 Å². The minimum atomic E-state index is -3.81. The number of benzene rings is 1. The number of nitrogens with zero attached hydrogens (tertiary/aromatic N) is 2. The van der Waals surface area contributed by atoms with Gasteiger partial charge in [0, 0.05) is 24.4 Å². The maximum absolute atomic E-state index is 12.9. The van der Waals surface area contributed by atoms with Crippen LogP contribution in [0.3, 0.4) is 0 Å². The van der Waals surface area contributed by atoms with Crippen molar-refractivity contribution in [1.82, 2.24) is 9.62 Å². The third-order valence-corrected chi connectivity index (χ3v) is 6.94. The summed E-state index contributed by atoms with van der Waals surface area (Å²) in [5.74, 6) is -2.73. The molecule has 1 saturated heterocycles. The fraction of sp³-hybridized carbons (Fsp3) is 0.455. The molecular formula is C22H28N4O7S. The van der Waals surface area contributed by atoms with Gasteiger partial charge in [-0.15, -0.1) is 0 Å². The lowest BCUT2D eigenvalue weighted by atomic mass is 10.0. The fourth-order valence-corrected chi connectivity index (χ4v) is 4.58. The van der Waals surface area contributed by atoms with E-state index < -0.39 is 46.2 Å². The van der Waals surface area contributed by atoms with Gasteiger partial charge in [-0.3, -0.25) is 9.59 Å². The molecule has 11 nitrogen and oxygen atoms in total. The highest BCUT2D eigenvalue weighted by Crippen LogP contribution is 2.19. The van der Waals surface area contributed by atoms with Crippen LogP contribution >= 0.6 is 0 Å². The summed E-state index contributed by atoms with van der Waals surface area (Å²) < 4.78 is 37.2. The van der Waals surface area contributed by atoms with Crippen molar-refractivity contribution in [3.63, 3.8) is 0 Å². The molecule has 0 aromatic heterocycles. The molecule has 2 rings (SSSR count). The van der Waals surface area contributed by atoms with Crippen molar-refractivity contribution < 1.29 is 32.3 Å². The first kappa shape index (κ1) is 27.0. The summed E-state index contributed by atoms with van der Waals surface area (Å²) in [6.45, 7) is 5.00. The summed E-state index contributed by atoms with van der Waals surface area (Å²) in [5, 5.41) is 11.5. The molecule has 1 aromatic carbocycles. The van der Waals surface area contributed by atoms with Crippen LogP contribution in [0.4, 0.5) is 0 Å². The summed E-state index contributed by atoms with van der Waals surface area (Å²) in [6, 6.07) is 6.03. The minimum absolute atomic E-state index is 0.00387. The Bertz CT molecular complexity index is 1110. The number of sulfonamides is 1. The molecular weight excluding hydrogens is 464 g/mol. The molecule has 0 saturated carbocycles. The number of nitrogens with two attached hydrogens (primary N) is 1. The number of carbonyl (C=O) groups excluding carboxylic acids is 3. The number of allylic oxidation sites excluding steroid dienone is 1. The van der Waals surface area contributed by atoms with Gasteiger partial charge in [-0.2, -0.15) is 9.57 Å². The first-order valence-electron chi connectivity index (χ1n) is 10.5. The van der Waals surface area contributed by atoms with Crippen molar-refractivity contribution in [3.8, 4) is 6.07 Å². The predicted molar refractivity (Wildman–Crippen MR) is 121 cm³/mol. The molecule has 1 fully saturated rings. The molecule has 1 amide bonds. The van der Waals surface area contributed by atoms with Crippen molar-refractivity contribution in [3.05, 3.63) is 41.1 Å². The zero-order valence-corrected chi connectivity index (χ0v) is 20.1. The second-order valence-corrected chi connectivity index (χ2v) is 9.88. The van der Waals surface area contributed by atoms with Crippen LogP contribution in [-0.4, -0.2) is 69.3 Å². The normalized spacial score (nSPS) is 16.2. The van der Waals surface area contributed by atoms with Gasteiger partial charge >= 0.3 is 5.97 Å². The molecule has 1 heterocycles. The number of ketones is 1. The number of carbonyl (C=O) groups is 3. The van der Waals surface area contributed by atoms with Crippen molar-refractivity contribution in [2.45, 2.75) is 31.7 Å². The van der Waals surface area contributed by atoms with E-state index in [0.29, 0.717) is 0 Å². The summed E-state index contributed by atoms with van der Waals surface area (Å²) in [4.78, 5) is 37.3. The Hall–Kier alpha value is -3.27. The van der Waals surface area contributed by atoms with Gasteiger partial charge in [0.2, 0.25) is 15.8 Å². The molecule has 3 N–H and O–H groups in total. The summed E-state index contributed by atoms with van der Waals surface area (Å²) in [6.07, 6.45) is 0. The highest BCUT2D eigenvalue weighted by atomic mass is 32.2. The molecule has 1 aliphatic rings. The molecule has 1 atom stereocenters. The number of amides is 1. The number of ether oxygens (including phenoxy) is 2. The molecule has 0 bridgehead atoms. The molecule has 0 aliphatic carbocycles. The average Bonchev–Trinajstić information content (AvgIpc) is 2.81. The van der Waals surface area contributed by atoms with Gasteiger partial charge in [0.1, 0.15) is 17.7 Å². The van der Waals surface area contributed by atoms with Crippen LogP contribution in [0.25, 0.3) is 0 Å². The molecule has 34 heavy (non-hydrogen) atoms. The van der Waals surface area contributed by atoms with E-state index in [0.717, 1.165) is 0 Å². The van der Waals surface area contributed by atoms with Crippen molar-refractivity contribution in [2.24, 2.45) is 11.7 Å². The van der Waals surface area contributed by atoms with E-state index in [9.17, 15) is 22.8 Å². The second kappa shape index (κ2) is 11.7. The standard InChI is InChI=1S/C22H28N4O7S/c1-14(2)20(22(29)33-13-19(27)18(12-23)15(3)24)25-21(28)16-5-4-6-17(11-16)34(30,31)26-7-9-32-10-8-26/h4-6,11,14,20H,7-10,13,24H2,1-3H3,(H,25,28)/b18-15-/t20-/m0/s1. The second-order valence-electron chi connectivity index (χ2n) is 7.94. The molecule has 184 valence electrons. The number of Topliss-reactive ketones (excluding diaryl/α,β-unsaturated/α-hetero) is 1. The monoisotopic (exact) mass is 492 g/mol. The van der Waals surface area contributed by atoms with Gasteiger partial charge < -0.3 is 20.5 Å². The maximum Gasteiger partial charge on any atom is 0.329 e. The van der Waals surface area contributed by atoms with Gasteiger partial charge in [-0.25, -0.2) is 13.2 Å². The molecule has 0 radical (unpaired) electrons. The number of morpholine rings is 1. The lowest BCUT2D eigenvalue weighted by Gasteiger charge is -2.26. The number of hydrogen-bond donors (Lipinski definition) is 2. The Morgan fingerprint density at radius 3 is 2.47 bits per heavy atom. The van der Waals surface area contributed by atoms with Gasteiger partial charge in [0.05, 0.1) is 18.1 Å². The smallest absolute Gasteiger partial charge is 0.329 e. The van der Waals surface area contributed by atoms with Gasteiger partial charge in [-0.1, -0.05) is 19.9 Å². The highest BCUT2D eigenvalue weighted by molar-refractivity contribution is 7.89. The summed E-state index contributed by atoms with van der Waals surface area (Å²) >= 11 is 0.